The van der Waals surface area contributed by atoms with E-state index in [9.17, 15) is 0 Å². The van der Waals surface area contributed by atoms with Crippen molar-refractivity contribution < 1.29 is 0 Å². The molecule has 1 nitrogen and oxygen atoms in total. The van der Waals surface area contributed by atoms with Crippen molar-refractivity contribution in [3.8, 4) is 0 Å². The van der Waals surface area contributed by atoms with Crippen molar-refractivity contribution in [1.82, 2.24) is 5.32 Å². The highest BCUT2D eigenvalue weighted by molar-refractivity contribution is 4.79. The molecular formula is C4H8N. The van der Waals surface area contributed by atoms with Crippen molar-refractivity contribution in [1.29, 1.82) is 0 Å². The van der Waals surface area contributed by atoms with Crippen molar-refractivity contribution >= 4 is 0 Å². The summed E-state index contributed by atoms with van der Waals surface area (Å²) in [4.78, 5) is 0. The van der Waals surface area contributed by atoms with E-state index in [1.165, 1.54) is 6.42 Å². The van der Waals surface area contributed by atoms with Crippen LogP contribution in [-0.4, -0.2) is 12.6 Å². The van der Waals surface area contributed by atoms with Gasteiger partial charge in [0.25, 0.3) is 0 Å². The Morgan fingerprint density at radius 3 is 2.60 bits per heavy atom. The standard InChI is InChI=1S/C4H8N/c1-2-4-3-5-4/h4H,2-3H2,1H3. The molecule has 5 heavy (non-hydrogen) atoms. The Bertz CT molecular complexity index is 30.6. The van der Waals surface area contributed by atoms with Gasteiger partial charge in [-0.05, 0) is 6.42 Å². The molecule has 1 radical (unpaired) electrons. The second-order valence-corrected chi connectivity index (χ2v) is 1.43. The highest BCUT2D eigenvalue weighted by Gasteiger charge is 2.18. The monoisotopic (exact) mass is 70.1 g/mol. The van der Waals surface area contributed by atoms with Gasteiger partial charge in [-0.1, -0.05) is 6.92 Å². The molecule has 0 amide bonds. The minimum Gasteiger partial charge on any atom is -0.235 e. The SMILES string of the molecule is CCC1C[N]1. The van der Waals surface area contributed by atoms with Gasteiger partial charge in [-0.2, -0.15) is 0 Å². The first-order valence-electron chi connectivity index (χ1n) is 2.10. The van der Waals surface area contributed by atoms with Crippen LogP contribution in [0.4, 0.5) is 0 Å². The lowest BCUT2D eigenvalue weighted by molar-refractivity contribution is 0.888. The second kappa shape index (κ2) is 0.977. The zero-order valence-corrected chi connectivity index (χ0v) is 3.44. The lowest BCUT2D eigenvalue weighted by Crippen LogP contribution is -1.77. The van der Waals surface area contributed by atoms with Gasteiger partial charge in [0, 0.05) is 12.6 Å². The summed E-state index contributed by atoms with van der Waals surface area (Å²) in [5, 5.41) is 4.02. The van der Waals surface area contributed by atoms with Crippen LogP contribution in [0.5, 0.6) is 0 Å². The zero-order valence-electron chi connectivity index (χ0n) is 3.44. The second-order valence-electron chi connectivity index (χ2n) is 1.43. The van der Waals surface area contributed by atoms with Gasteiger partial charge in [0.2, 0.25) is 0 Å². The molecule has 0 aromatic rings. The first-order valence-corrected chi connectivity index (χ1v) is 2.10. The Kier molecular flexibility index (Phi) is 0.618. The van der Waals surface area contributed by atoms with E-state index in [-0.39, 0.29) is 0 Å². The topological polar surface area (TPSA) is 14.1 Å². The van der Waals surface area contributed by atoms with Crippen LogP contribution in [0.25, 0.3) is 0 Å². The van der Waals surface area contributed by atoms with Crippen LogP contribution < -0.4 is 5.32 Å². The van der Waals surface area contributed by atoms with E-state index in [1.807, 2.05) is 0 Å². The summed E-state index contributed by atoms with van der Waals surface area (Å²) in [6, 6.07) is 0.759. The van der Waals surface area contributed by atoms with E-state index < -0.39 is 0 Å². The minimum atomic E-state index is 0.759. The summed E-state index contributed by atoms with van der Waals surface area (Å²) in [5.74, 6) is 0. The van der Waals surface area contributed by atoms with Gasteiger partial charge in [0.15, 0.2) is 0 Å². The molecule has 1 aliphatic rings. The molecule has 0 saturated carbocycles. The number of rotatable bonds is 1. The van der Waals surface area contributed by atoms with E-state index in [4.69, 9.17) is 0 Å². The predicted molar refractivity (Wildman–Crippen MR) is 21.1 cm³/mol. The number of hydrogen-bond acceptors (Lipinski definition) is 0. The van der Waals surface area contributed by atoms with Crippen LogP contribution in [-0.2, 0) is 0 Å². The molecule has 1 fully saturated rings. The third kappa shape index (κ3) is 0.618. The van der Waals surface area contributed by atoms with Crippen LogP contribution in [0.3, 0.4) is 0 Å². The maximum Gasteiger partial charge on any atom is 0.0385 e. The fraction of sp³-hybridized carbons (Fsp3) is 1.00. The quantitative estimate of drug-likeness (QED) is 0.396. The molecule has 0 spiro atoms. The molecule has 0 aliphatic carbocycles. The van der Waals surface area contributed by atoms with E-state index in [2.05, 4.69) is 12.2 Å². The Hall–Kier alpha value is -0.0400. The van der Waals surface area contributed by atoms with Crippen molar-refractivity contribution in [2.45, 2.75) is 19.4 Å². The first-order chi connectivity index (χ1) is 2.43. The molecule has 1 heterocycles. The maximum absolute atomic E-state index is 4.02. The van der Waals surface area contributed by atoms with Crippen LogP contribution >= 0.6 is 0 Å². The van der Waals surface area contributed by atoms with Crippen LogP contribution in [0.2, 0.25) is 0 Å². The largest absolute Gasteiger partial charge is 0.235 e. The lowest BCUT2D eigenvalue weighted by Gasteiger charge is -1.70. The third-order valence-electron chi connectivity index (χ3n) is 0.912. The molecule has 1 aliphatic heterocycles. The average Bonchev–Trinajstić information content (AvgIpc) is 2.12. The van der Waals surface area contributed by atoms with Crippen LogP contribution in [0, 0.1) is 0 Å². The summed E-state index contributed by atoms with van der Waals surface area (Å²) < 4.78 is 0. The van der Waals surface area contributed by atoms with E-state index in [0.717, 1.165) is 12.6 Å². The summed E-state index contributed by atoms with van der Waals surface area (Å²) in [6.45, 7) is 3.30. The van der Waals surface area contributed by atoms with Gasteiger partial charge in [-0.15, -0.1) is 0 Å². The molecule has 1 rings (SSSR count). The van der Waals surface area contributed by atoms with Crippen molar-refractivity contribution in [3.05, 3.63) is 0 Å². The normalized spacial score (nSPS) is 34.2. The van der Waals surface area contributed by atoms with Gasteiger partial charge in [-0.3, -0.25) is 0 Å². The highest BCUT2D eigenvalue weighted by Crippen LogP contribution is 2.02. The van der Waals surface area contributed by atoms with Gasteiger partial charge < -0.3 is 0 Å². The molecule has 1 heteroatoms. The predicted octanol–water partition coefficient (Wildman–Crippen LogP) is 0.383. The zero-order chi connectivity index (χ0) is 3.70. The first kappa shape index (κ1) is 3.16. The Morgan fingerprint density at radius 1 is 2.00 bits per heavy atom. The minimum absolute atomic E-state index is 0.759. The van der Waals surface area contributed by atoms with Crippen molar-refractivity contribution in [3.63, 3.8) is 0 Å². The molecule has 0 bridgehead atoms. The molecular weight excluding hydrogens is 62.1 g/mol. The molecule has 0 N–H and O–H groups in total. The third-order valence-corrected chi connectivity index (χ3v) is 0.912. The van der Waals surface area contributed by atoms with Gasteiger partial charge in [0.05, 0.1) is 0 Å². The Morgan fingerprint density at radius 2 is 2.60 bits per heavy atom. The summed E-state index contributed by atoms with van der Waals surface area (Å²) >= 11 is 0. The van der Waals surface area contributed by atoms with E-state index in [1.54, 1.807) is 0 Å². The van der Waals surface area contributed by atoms with Gasteiger partial charge in [0.1, 0.15) is 0 Å². The van der Waals surface area contributed by atoms with Crippen LogP contribution in [0.15, 0.2) is 0 Å². The molecule has 1 saturated heterocycles. The van der Waals surface area contributed by atoms with E-state index >= 15 is 0 Å². The Labute approximate surface area is 32.4 Å². The maximum atomic E-state index is 4.02. The fourth-order valence-corrected chi connectivity index (χ4v) is 0.333. The molecule has 1 atom stereocenters. The summed E-state index contributed by atoms with van der Waals surface area (Å²) in [7, 11) is 0. The smallest absolute Gasteiger partial charge is 0.0385 e. The number of nitrogens with zero attached hydrogens (tertiary/aromatic N) is 1. The highest BCUT2D eigenvalue weighted by atomic mass is 15.1. The number of hydrogen-bond donors (Lipinski definition) is 0. The summed E-state index contributed by atoms with van der Waals surface area (Å²) in [5.41, 5.74) is 0. The van der Waals surface area contributed by atoms with Crippen LogP contribution in [0.1, 0.15) is 13.3 Å². The molecule has 0 aromatic carbocycles. The summed E-state index contributed by atoms with van der Waals surface area (Å²) in [6.07, 6.45) is 1.25. The fourth-order valence-electron chi connectivity index (χ4n) is 0.333. The van der Waals surface area contributed by atoms with Crippen molar-refractivity contribution in [2.75, 3.05) is 6.54 Å². The van der Waals surface area contributed by atoms with Gasteiger partial charge in [-0.25, -0.2) is 5.32 Å². The molecule has 29 valence electrons. The molecule has 0 aromatic heterocycles. The van der Waals surface area contributed by atoms with Crippen molar-refractivity contribution in [2.24, 2.45) is 0 Å². The lowest BCUT2D eigenvalue weighted by atomic mass is 10.4. The molecule has 1 unspecified atom stereocenters. The van der Waals surface area contributed by atoms with Gasteiger partial charge >= 0.3 is 0 Å². The average molecular weight is 70.1 g/mol. The Balaban J connectivity index is 2.00. The van der Waals surface area contributed by atoms with E-state index in [0.29, 0.717) is 0 Å².